The largest absolute Gasteiger partial charge is 0.0850 e. The van der Waals surface area contributed by atoms with Gasteiger partial charge in [0.15, 0.2) is 0 Å². The van der Waals surface area contributed by atoms with Crippen molar-refractivity contribution in [2.75, 3.05) is 0 Å². The molecule has 2 rings (SSSR count). The third kappa shape index (κ3) is 0.735. The molecule has 0 bridgehead atoms. The second-order valence-corrected chi connectivity index (χ2v) is 3.20. The Hall–Kier alpha value is -0.520. The molecule has 0 heteroatoms. The lowest BCUT2D eigenvalue weighted by Crippen LogP contribution is -2.21. The van der Waals surface area contributed by atoms with Gasteiger partial charge in [-0.15, -0.1) is 0 Å². The van der Waals surface area contributed by atoms with Crippen LogP contribution in [0.2, 0.25) is 0 Å². The van der Waals surface area contributed by atoms with Crippen molar-refractivity contribution < 1.29 is 0 Å². The fourth-order valence-corrected chi connectivity index (χ4v) is 1.69. The van der Waals surface area contributed by atoms with E-state index in [-0.39, 0.29) is 0 Å². The molecule has 2 atom stereocenters. The van der Waals surface area contributed by atoms with Crippen molar-refractivity contribution in [1.29, 1.82) is 0 Å². The summed E-state index contributed by atoms with van der Waals surface area (Å²) in [7, 11) is 0. The molecule has 0 saturated heterocycles. The fraction of sp³-hybridized carbons (Fsp3) is 0.556. The Bertz CT molecular complexity index is 174. The molecular formula is C9H12. The summed E-state index contributed by atoms with van der Waals surface area (Å²) in [6.45, 7) is 2.24. The van der Waals surface area contributed by atoms with Gasteiger partial charge in [0.1, 0.15) is 0 Å². The van der Waals surface area contributed by atoms with Crippen molar-refractivity contribution in [3.05, 3.63) is 23.8 Å². The maximum Gasteiger partial charge on any atom is -0.0130 e. The van der Waals surface area contributed by atoms with Crippen LogP contribution in [0.5, 0.6) is 0 Å². The minimum Gasteiger partial charge on any atom is -0.0850 e. The van der Waals surface area contributed by atoms with E-state index in [1.54, 1.807) is 5.57 Å². The van der Waals surface area contributed by atoms with E-state index >= 15 is 0 Å². The highest BCUT2D eigenvalue weighted by Crippen LogP contribution is 2.37. The first kappa shape index (κ1) is 5.28. The molecule has 9 heavy (non-hydrogen) atoms. The topological polar surface area (TPSA) is 0 Å². The van der Waals surface area contributed by atoms with E-state index in [9.17, 15) is 0 Å². The van der Waals surface area contributed by atoms with E-state index in [1.807, 2.05) is 0 Å². The normalized spacial score (nSPS) is 39.0. The minimum absolute atomic E-state index is 0.911. The van der Waals surface area contributed by atoms with Crippen molar-refractivity contribution in [3.63, 3.8) is 0 Å². The van der Waals surface area contributed by atoms with Gasteiger partial charge in [0, 0.05) is 0 Å². The molecule has 0 radical (unpaired) electrons. The van der Waals surface area contributed by atoms with Crippen LogP contribution in [-0.2, 0) is 0 Å². The SMILES string of the molecule is CC1=CCC2C=CC2C1. The van der Waals surface area contributed by atoms with Gasteiger partial charge in [-0.3, -0.25) is 0 Å². The molecule has 0 aromatic carbocycles. The van der Waals surface area contributed by atoms with Gasteiger partial charge in [0.2, 0.25) is 0 Å². The number of hydrogen-bond donors (Lipinski definition) is 0. The summed E-state index contributed by atoms with van der Waals surface area (Å²) in [6, 6.07) is 0. The summed E-state index contributed by atoms with van der Waals surface area (Å²) < 4.78 is 0. The first-order chi connectivity index (χ1) is 4.36. The van der Waals surface area contributed by atoms with Gasteiger partial charge in [-0.25, -0.2) is 0 Å². The lowest BCUT2D eigenvalue weighted by Gasteiger charge is -2.32. The van der Waals surface area contributed by atoms with Crippen LogP contribution in [0.15, 0.2) is 23.8 Å². The lowest BCUT2D eigenvalue weighted by molar-refractivity contribution is 0.405. The Balaban J connectivity index is 2.14. The number of allylic oxidation sites excluding steroid dienone is 4. The molecule has 0 aliphatic heterocycles. The van der Waals surface area contributed by atoms with Crippen LogP contribution in [0, 0.1) is 11.8 Å². The molecule has 0 N–H and O–H groups in total. The van der Waals surface area contributed by atoms with Crippen molar-refractivity contribution in [3.8, 4) is 0 Å². The molecule has 0 fully saturated rings. The first-order valence-corrected chi connectivity index (χ1v) is 3.70. The first-order valence-electron chi connectivity index (χ1n) is 3.70. The summed E-state index contributed by atoms with van der Waals surface area (Å²) in [5.74, 6) is 1.82. The molecule has 0 aromatic rings. The van der Waals surface area contributed by atoms with E-state index in [0.717, 1.165) is 11.8 Å². The highest BCUT2D eigenvalue weighted by Gasteiger charge is 2.25. The second-order valence-electron chi connectivity index (χ2n) is 3.20. The minimum atomic E-state index is 0.911. The summed E-state index contributed by atoms with van der Waals surface area (Å²) >= 11 is 0. The molecule has 0 nitrogen and oxygen atoms in total. The number of hydrogen-bond acceptors (Lipinski definition) is 0. The van der Waals surface area contributed by atoms with E-state index < -0.39 is 0 Å². The highest BCUT2D eigenvalue weighted by atomic mass is 14.3. The van der Waals surface area contributed by atoms with Crippen LogP contribution >= 0.6 is 0 Å². The van der Waals surface area contributed by atoms with E-state index in [2.05, 4.69) is 25.2 Å². The highest BCUT2D eigenvalue weighted by molar-refractivity contribution is 5.20. The number of rotatable bonds is 0. The zero-order valence-electron chi connectivity index (χ0n) is 5.80. The van der Waals surface area contributed by atoms with Crippen molar-refractivity contribution in [2.24, 2.45) is 11.8 Å². The van der Waals surface area contributed by atoms with Gasteiger partial charge in [-0.2, -0.15) is 0 Å². The molecule has 2 aliphatic rings. The molecule has 48 valence electrons. The lowest BCUT2D eigenvalue weighted by atomic mass is 9.73. The molecule has 0 saturated carbocycles. The Morgan fingerprint density at radius 1 is 1.33 bits per heavy atom. The zero-order chi connectivity index (χ0) is 6.27. The molecular weight excluding hydrogens is 108 g/mol. The average Bonchev–Trinajstić information content (AvgIpc) is 1.78. The van der Waals surface area contributed by atoms with Crippen LogP contribution in [0.25, 0.3) is 0 Å². The summed E-state index contributed by atoms with van der Waals surface area (Å²) in [5.41, 5.74) is 1.58. The molecule has 0 heterocycles. The second kappa shape index (κ2) is 1.73. The van der Waals surface area contributed by atoms with Gasteiger partial charge >= 0.3 is 0 Å². The summed E-state index contributed by atoms with van der Waals surface area (Å²) in [5, 5.41) is 0. The van der Waals surface area contributed by atoms with Crippen LogP contribution in [0.1, 0.15) is 19.8 Å². The monoisotopic (exact) mass is 120 g/mol. The van der Waals surface area contributed by atoms with E-state index in [1.165, 1.54) is 12.8 Å². The van der Waals surface area contributed by atoms with Gasteiger partial charge in [-0.05, 0) is 31.6 Å². The van der Waals surface area contributed by atoms with Crippen LogP contribution in [0.3, 0.4) is 0 Å². The molecule has 0 amide bonds. The summed E-state index contributed by atoms with van der Waals surface area (Å²) in [4.78, 5) is 0. The average molecular weight is 120 g/mol. The van der Waals surface area contributed by atoms with E-state index in [0.29, 0.717) is 0 Å². The molecule has 0 spiro atoms. The zero-order valence-corrected chi connectivity index (χ0v) is 5.80. The van der Waals surface area contributed by atoms with E-state index in [4.69, 9.17) is 0 Å². The smallest absolute Gasteiger partial charge is 0.0130 e. The van der Waals surface area contributed by atoms with Crippen molar-refractivity contribution in [2.45, 2.75) is 19.8 Å². The third-order valence-electron chi connectivity index (χ3n) is 2.45. The quantitative estimate of drug-likeness (QED) is 0.431. The van der Waals surface area contributed by atoms with Gasteiger partial charge < -0.3 is 0 Å². The maximum atomic E-state index is 2.38. The van der Waals surface area contributed by atoms with Crippen LogP contribution < -0.4 is 0 Å². The Morgan fingerprint density at radius 3 is 2.56 bits per heavy atom. The Labute approximate surface area is 56.3 Å². The summed E-state index contributed by atoms with van der Waals surface area (Å²) in [6.07, 6.45) is 9.69. The van der Waals surface area contributed by atoms with Gasteiger partial charge in [-0.1, -0.05) is 23.8 Å². The van der Waals surface area contributed by atoms with Crippen LogP contribution in [-0.4, -0.2) is 0 Å². The van der Waals surface area contributed by atoms with Crippen molar-refractivity contribution >= 4 is 0 Å². The number of fused-ring (bicyclic) bond motifs is 1. The van der Waals surface area contributed by atoms with Gasteiger partial charge in [0.25, 0.3) is 0 Å². The predicted molar refractivity (Wildman–Crippen MR) is 39.1 cm³/mol. The van der Waals surface area contributed by atoms with Crippen LogP contribution in [0.4, 0.5) is 0 Å². The standard InChI is InChI=1S/C9H12/c1-7-2-3-8-4-5-9(8)6-7/h2,4-5,8-9H,3,6H2,1H3. The third-order valence-corrected chi connectivity index (χ3v) is 2.45. The predicted octanol–water partition coefficient (Wildman–Crippen LogP) is 2.53. The molecule has 2 unspecified atom stereocenters. The fourth-order valence-electron chi connectivity index (χ4n) is 1.69. The maximum absolute atomic E-state index is 2.38. The van der Waals surface area contributed by atoms with Crippen molar-refractivity contribution in [1.82, 2.24) is 0 Å². The molecule has 0 aromatic heterocycles. The Morgan fingerprint density at radius 2 is 2.11 bits per heavy atom. The Kier molecular flexibility index (Phi) is 1.01. The molecule has 2 aliphatic carbocycles. The van der Waals surface area contributed by atoms with Gasteiger partial charge in [0.05, 0.1) is 0 Å².